The topological polar surface area (TPSA) is 28.1 Å². The van der Waals surface area contributed by atoms with E-state index >= 15 is 0 Å². The van der Waals surface area contributed by atoms with Gasteiger partial charge in [0.05, 0.1) is 12.0 Å². The smallest absolute Gasteiger partial charge is 0.406 e. The molecule has 0 spiro atoms. The lowest BCUT2D eigenvalue weighted by Gasteiger charge is -2.23. The van der Waals surface area contributed by atoms with Crippen LogP contribution in [0.25, 0.3) is 0 Å². The minimum absolute atomic E-state index is 0.239. The third-order valence-corrected chi connectivity index (χ3v) is 4.23. The molecule has 0 N–H and O–H groups in total. The van der Waals surface area contributed by atoms with E-state index in [1.54, 1.807) is 18.5 Å². The quantitative estimate of drug-likeness (QED) is 0.484. The van der Waals surface area contributed by atoms with E-state index in [9.17, 15) is 13.2 Å². The number of halogens is 3. The highest BCUT2D eigenvalue weighted by atomic mass is 19.4. The Bertz CT molecular complexity index is 801. The van der Waals surface area contributed by atoms with Crippen LogP contribution in [0, 0.1) is 13.8 Å². The predicted octanol–water partition coefficient (Wildman–Crippen LogP) is 5.58. The lowest BCUT2D eigenvalue weighted by atomic mass is 10.1. The molecule has 0 fully saturated rings. The van der Waals surface area contributed by atoms with E-state index < -0.39 is 6.36 Å². The second kappa shape index (κ2) is 8.33. The van der Waals surface area contributed by atoms with Crippen LogP contribution >= 0.6 is 0 Å². The molecule has 0 unspecified atom stereocenters. The molecule has 0 heterocycles. The number of hydrogen-bond donors (Lipinski definition) is 0. The van der Waals surface area contributed by atoms with Gasteiger partial charge in [0.1, 0.15) is 5.75 Å². The molecular weight excluding hydrogens is 355 g/mol. The van der Waals surface area contributed by atoms with Crippen molar-refractivity contribution in [3.63, 3.8) is 0 Å². The summed E-state index contributed by atoms with van der Waals surface area (Å²) in [4.78, 5) is 8.42. The molecule has 2 aromatic rings. The van der Waals surface area contributed by atoms with Crippen molar-refractivity contribution >= 4 is 23.4 Å². The van der Waals surface area contributed by atoms with Crippen LogP contribution < -0.4 is 9.64 Å². The maximum absolute atomic E-state index is 12.3. The lowest BCUT2D eigenvalue weighted by molar-refractivity contribution is -0.274. The Hall–Kier alpha value is -2.70. The van der Waals surface area contributed by atoms with Crippen LogP contribution in [0.2, 0.25) is 0 Å². The second-order valence-electron chi connectivity index (χ2n) is 6.34. The molecule has 0 atom stereocenters. The summed E-state index contributed by atoms with van der Waals surface area (Å²) >= 11 is 0. The van der Waals surface area contributed by atoms with Crippen LogP contribution in [0.3, 0.4) is 0 Å². The molecule has 0 aliphatic carbocycles. The molecule has 0 bridgehead atoms. The summed E-state index contributed by atoms with van der Waals surface area (Å²) in [6, 6.07) is 9.83. The number of rotatable bonds is 6. The van der Waals surface area contributed by atoms with Crippen molar-refractivity contribution in [2.24, 2.45) is 4.99 Å². The Morgan fingerprint density at radius 3 is 2.22 bits per heavy atom. The van der Waals surface area contributed by atoms with E-state index in [0.29, 0.717) is 0 Å². The summed E-state index contributed by atoms with van der Waals surface area (Å²) in [5, 5.41) is 0. The SMILES string of the molecule is CCN(C)C=Nc1cc(C)c(N(C)c2ccc(OC(F)(F)F)cc2)cc1C. The molecule has 146 valence electrons. The van der Waals surface area contributed by atoms with Gasteiger partial charge < -0.3 is 14.5 Å². The molecule has 0 saturated carbocycles. The summed E-state index contributed by atoms with van der Waals surface area (Å²) in [6.07, 6.45) is -2.89. The molecule has 0 aromatic heterocycles. The molecule has 7 heteroatoms. The molecule has 0 aliphatic heterocycles. The Kier molecular flexibility index (Phi) is 6.36. The van der Waals surface area contributed by atoms with Gasteiger partial charge in [0.15, 0.2) is 0 Å². The minimum Gasteiger partial charge on any atom is -0.406 e. The van der Waals surface area contributed by atoms with Crippen LogP contribution in [-0.4, -0.2) is 38.2 Å². The highest BCUT2D eigenvalue weighted by Gasteiger charge is 2.31. The Morgan fingerprint density at radius 2 is 1.67 bits per heavy atom. The largest absolute Gasteiger partial charge is 0.573 e. The van der Waals surface area contributed by atoms with Crippen LogP contribution in [0.1, 0.15) is 18.1 Å². The van der Waals surface area contributed by atoms with E-state index in [2.05, 4.69) is 9.73 Å². The van der Waals surface area contributed by atoms with E-state index in [4.69, 9.17) is 0 Å². The zero-order valence-corrected chi connectivity index (χ0v) is 16.1. The van der Waals surface area contributed by atoms with Crippen LogP contribution in [0.5, 0.6) is 5.75 Å². The number of benzene rings is 2. The average molecular weight is 379 g/mol. The molecule has 0 aliphatic rings. The summed E-state index contributed by atoms with van der Waals surface area (Å²) in [6.45, 7) is 6.88. The van der Waals surface area contributed by atoms with E-state index in [1.165, 1.54) is 12.1 Å². The first-order valence-electron chi connectivity index (χ1n) is 8.56. The van der Waals surface area contributed by atoms with Gasteiger partial charge in [0, 0.05) is 32.0 Å². The fourth-order valence-electron chi connectivity index (χ4n) is 2.54. The monoisotopic (exact) mass is 379 g/mol. The molecule has 2 aromatic carbocycles. The summed E-state index contributed by atoms with van der Waals surface area (Å²) in [5.74, 6) is -0.239. The van der Waals surface area contributed by atoms with Crippen molar-refractivity contribution < 1.29 is 17.9 Å². The Morgan fingerprint density at radius 1 is 1.04 bits per heavy atom. The maximum Gasteiger partial charge on any atom is 0.573 e. The third kappa shape index (κ3) is 5.64. The van der Waals surface area contributed by atoms with Crippen molar-refractivity contribution in [3.8, 4) is 5.75 Å². The van der Waals surface area contributed by atoms with Gasteiger partial charge in [-0.05, 0) is 68.3 Å². The highest BCUT2D eigenvalue weighted by Crippen LogP contribution is 2.33. The van der Waals surface area contributed by atoms with Crippen LogP contribution in [-0.2, 0) is 0 Å². The Balaban J connectivity index is 2.24. The molecule has 0 saturated heterocycles. The third-order valence-electron chi connectivity index (χ3n) is 4.23. The number of nitrogens with zero attached hydrogens (tertiary/aromatic N) is 3. The zero-order chi connectivity index (χ0) is 20.2. The summed E-state index contributed by atoms with van der Waals surface area (Å²) < 4.78 is 40.8. The van der Waals surface area contributed by atoms with Crippen molar-refractivity contribution in [1.82, 2.24) is 4.90 Å². The standard InChI is InChI=1S/C20H24F3N3O/c1-6-25(4)13-24-18-11-15(3)19(12-14(18)2)26(5)16-7-9-17(10-8-16)27-20(21,22)23/h7-13H,6H2,1-5H3. The van der Waals surface area contributed by atoms with Gasteiger partial charge in [-0.15, -0.1) is 13.2 Å². The number of aryl methyl sites for hydroxylation is 2. The predicted molar refractivity (Wildman–Crippen MR) is 104 cm³/mol. The zero-order valence-electron chi connectivity index (χ0n) is 16.1. The van der Waals surface area contributed by atoms with Crippen LogP contribution in [0.15, 0.2) is 41.4 Å². The number of anilines is 2. The fourth-order valence-corrected chi connectivity index (χ4v) is 2.54. The summed E-state index contributed by atoms with van der Waals surface area (Å²) in [7, 11) is 3.83. The van der Waals surface area contributed by atoms with E-state index in [1.807, 2.05) is 56.8 Å². The van der Waals surface area contributed by atoms with Gasteiger partial charge in [-0.25, -0.2) is 4.99 Å². The van der Waals surface area contributed by atoms with Gasteiger partial charge in [0.25, 0.3) is 0 Å². The molecule has 0 radical (unpaired) electrons. The first-order chi connectivity index (χ1) is 12.6. The van der Waals surface area contributed by atoms with Gasteiger partial charge >= 0.3 is 6.36 Å². The molecule has 27 heavy (non-hydrogen) atoms. The average Bonchev–Trinajstić information content (AvgIpc) is 2.60. The van der Waals surface area contributed by atoms with Gasteiger partial charge in [-0.3, -0.25) is 0 Å². The van der Waals surface area contributed by atoms with Crippen molar-refractivity contribution in [2.75, 3.05) is 25.5 Å². The first-order valence-corrected chi connectivity index (χ1v) is 8.56. The number of ether oxygens (including phenoxy) is 1. The number of hydrogen-bond acceptors (Lipinski definition) is 3. The molecule has 2 rings (SSSR count). The summed E-state index contributed by atoms with van der Waals surface area (Å²) in [5.41, 5.74) is 4.64. The first kappa shape index (κ1) is 20.6. The van der Waals surface area contributed by atoms with Crippen molar-refractivity contribution in [2.45, 2.75) is 27.1 Å². The van der Waals surface area contributed by atoms with Crippen molar-refractivity contribution in [1.29, 1.82) is 0 Å². The maximum atomic E-state index is 12.3. The molecule has 4 nitrogen and oxygen atoms in total. The molecular formula is C20H24F3N3O. The minimum atomic E-state index is -4.69. The van der Waals surface area contributed by atoms with Crippen LogP contribution in [0.4, 0.5) is 30.2 Å². The molecule has 0 amide bonds. The van der Waals surface area contributed by atoms with E-state index in [-0.39, 0.29) is 5.75 Å². The second-order valence-corrected chi connectivity index (χ2v) is 6.34. The lowest BCUT2D eigenvalue weighted by Crippen LogP contribution is -2.17. The number of alkyl halides is 3. The van der Waals surface area contributed by atoms with Gasteiger partial charge in [0.2, 0.25) is 0 Å². The highest BCUT2D eigenvalue weighted by molar-refractivity contribution is 5.72. The van der Waals surface area contributed by atoms with Crippen molar-refractivity contribution in [3.05, 3.63) is 47.5 Å². The van der Waals surface area contributed by atoms with E-state index in [0.717, 1.165) is 34.7 Å². The normalized spacial score (nSPS) is 11.7. The van der Waals surface area contributed by atoms with Gasteiger partial charge in [-0.2, -0.15) is 0 Å². The van der Waals surface area contributed by atoms with Gasteiger partial charge in [-0.1, -0.05) is 0 Å². The Labute approximate surface area is 157 Å². The fraction of sp³-hybridized carbons (Fsp3) is 0.350. The number of aliphatic imine (C=N–C) groups is 1.